The van der Waals surface area contributed by atoms with Gasteiger partial charge in [-0.3, -0.25) is 9.36 Å². The van der Waals surface area contributed by atoms with Crippen LogP contribution >= 0.6 is 0 Å². The lowest BCUT2D eigenvalue weighted by Gasteiger charge is -2.31. The van der Waals surface area contributed by atoms with Crippen LogP contribution in [0.5, 0.6) is 5.75 Å². The van der Waals surface area contributed by atoms with Crippen molar-refractivity contribution >= 4 is 11.9 Å². The van der Waals surface area contributed by atoms with Gasteiger partial charge >= 0.3 is 5.97 Å². The zero-order chi connectivity index (χ0) is 21.8. The van der Waals surface area contributed by atoms with Gasteiger partial charge in [0.2, 0.25) is 11.7 Å². The fourth-order valence-electron chi connectivity index (χ4n) is 3.41. The van der Waals surface area contributed by atoms with Crippen molar-refractivity contribution in [3.8, 4) is 11.8 Å². The van der Waals surface area contributed by atoms with E-state index in [4.69, 9.17) is 4.74 Å². The Balaban J connectivity index is 2.28. The highest BCUT2D eigenvalue weighted by atomic mass is 16.5. The van der Waals surface area contributed by atoms with Gasteiger partial charge in [0, 0.05) is 14.1 Å². The van der Waals surface area contributed by atoms with E-state index in [9.17, 15) is 20.0 Å². The summed E-state index contributed by atoms with van der Waals surface area (Å²) in [6, 6.07) is 18.2. The molecule has 30 heavy (non-hydrogen) atoms. The van der Waals surface area contributed by atoms with Gasteiger partial charge in [0.25, 0.3) is 5.56 Å². The molecule has 0 radical (unpaired) electrons. The molecule has 0 fully saturated rings. The molecular weight excluding hydrogens is 384 g/mol. The van der Waals surface area contributed by atoms with Gasteiger partial charge in [-0.1, -0.05) is 48.5 Å². The van der Waals surface area contributed by atoms with E-state index >= 15 is 0 Å². The van der Waals surface area contributed by atoms with E-state index in [1.165, 1.54) is 18.7 Å². The zero-order valence-electron chi connectivity index (χ0n) is 16.7. The van der Waals surface area contributed by atoms with Gasteiger partial charge in [0.15, 0.2) is 5.69 Å². The van der Waals surface area contributed by atoms with E-state index in [2.05, 4.69) is 11.1 Å². The monoisotopic (exact) mass is 404 g/mol. The Morgan fingerprint density at radius 3 is 2.43 bits per heavy atom. The molecule has 0 aliphatic rings. The van der Waals surface area contributed by atoms with Crippen molar-refractivity contribution in [2.45, 2.75) is 6.04 Å². The van der Waals surface area contributed by atoms with Gasteiger partial charge in [0.05, 0.1) is 24.8 Å². The first kappa shape index (κ1) is 20.6. The molecule has 0 amide bonds. The first-order valence-electron chi connectivity index (χ1n) is 9.05. The van der Waals surface area contributed by atoms with Gasteiger partial charge in [-0.15, -0.1) is 0 Å². The number of nitriles is 1. The first-order chi connectivity index (χ1) is 14.4. The molecule has 0 saturated heterocycles. The van der Waals surface area contributed by atoms with E-state index in [1.807, 2.05) is 42.5 Å². The summed E-state index contributed by atoms with van der Waals surface area (Å²) in [5.41, 5.74) is 0.936. The lowest BCUT2D eigenvalue weighted by molar-refractivity contribution is 0.0685. The van der Waals surface area contributed by atoms with Crippen LogP contribution in [0.15, 0.2) is 59.4 Å². The number of nitrogens with zero attached hydrogens (tertiary/aromatic N) is 4. The largest absolute Gasteiger partial charge is 0.489 e. The fourth-order valence-corrected chi connectivity index (χ4v) is 3.41. The molecule has 1 aromatic heterocycles. The maximum absolute atomic E-state index is 12.7. The minimum Gasteiger partial charge on any atom is -0.489 e. The van der Waals surface area contributed by atoms with Crippen LogP contribution in [-0.4, -0.2) is 34.8 Å². The van der Waals surface area contributed by atoms with E-state index < -0.39 is 23.3 Å². The highest BCUT2D eigenvalue weighted by Crippen LogP contribution is 2.32. The van der Waals surface area contributed by atoms with E-state index in [0.29, 0.717) is 11.1 Å². The Kier molecular flexibility index (Phi) is 5.83. The molecule has 1 N–H and O–H groups in total. The number of aromatic nitrogens is 2. The summed E-state index contributed by atoms with van der Waals surface area (Å²) in [5.74, 6) is -1.58. The Bertz CT molecular complexity index is 1180. The molecular formula is C22H20N4O4. The second kappa shape index (κ2) is 8.49. The third-order valence-electron chi connectivity index (χ3n) is 4.83. The predicted molar refractivity (Wildman–Crippen MR) is 111 cm³/mol. The normalized spacial score (nSPS) is 11.4. The Labute approximate surface area is 173 Å². The van der Waals surface area contributed by atoms with Crippen LogP contribution < -0.4 is 15.2 Å². The Morgan fingerprint density at radius 1 is 1.20 bits per heavy atom. The predicted octanol–water partition coefficient (Wildman–Crippen LogP) is 2.58. The molecule has 8 nitrogen and oxygen atoms in total. The molecule has 1 atom stereocenters. The minimum atomic E-state index is -1.37. The molecule has 3 aromatic rings. The maximum atomic E-state index is 12.7. The molecule has 152 valence electrons. The van der Waals surface area contributed by atoms with Gasteiger partial charge in [-0.25, -0.2) is 9.78 Å². The number of carbonyl (C=O) groups is 1. The molecule has 0 spiro atoms. The lowest BCUT2D eigenvalue weighted by Crippen LogP contribution is -2.34. The third kappa shape index (κ3) is 3.61. The number of aromatic carboxylic acids is 1. The van der Waals surface area contributed by atoms with Crippen molar-refractivity contribution in [3.63, 3.8) is 0 Å². The number of hydrogen-bond acceptors (Lipinski definition) is 6. The average Bonchev–Trinajstić information content (AvgIpc) is 2.76. The number of anilines is 1. The standard InChI is InChI=1S/C22H20N4O4/c1-25(22-24-17(21(28)29)19(30-3)20(27)26(22)2)18(14-9-5-4-6-10-14)16-12-8-7-11-15(16)13-23/h4-12,18H,1-3H3,(H,28,29). The van der Waals surface area contributed by atoms with Crippen LogP contribution in [0, 0.1) is 11.3 Å². The summed E-state index contributed by atoms with van der Waals surface area (Å²) < 4.78 is 6.21. The molecule has 8 heteroatoms. The molecule has 2 aromatic carbocycles. The van der Waals surface area contributed by atoms with Gasteiger partial charge in [-0.05, 0) is 17.2 Å². The van der Waals surface area contributed by atoms with E-state index in [1.54, 1.807) is 24.1 Å². The number of rotatable bonds is 6. The highest BCUT2D eigenvalue weighted by molar-refractivity contribution is 5.88. The second-order valence-electron chi connectivity index (χ2n) is 6.59. The summed E-state index contributed by atoms with van der Waals surface area (Å²) in [4.78, 5) is 30.3. The van der Waals surface area contributed by atoms with Gasteiger partial charge in [-0.2, -0.15) is 5.26 Å². The molecule has 1 unspecified atom stereocenters. The van der Waals surface area contributed by atoms with Crippen molar-refractivity contribution in [2.24, 2.45) is 7.05 Å². The van der Waals surface area contributed by atoms with Crippen molar-refractivity contribution in [1.82, 2.24) is 9.55 Å². The molecule has 0 saturated carbocycles. The first-order valence-corrected chi connectivity index (χ1v) is 9.05. The SMILES string of the molecule is COc1c(C(=O)O)nc(N(C)C(c2ccccc2)c2ccccc2C#N)n(C)c1=O. The summed E-state index contributed by atoms with van der Waals surface area (Å²) >= 11 is 0. The second-order valence-corrected chi connectivity index (χ2v) is 6.59. The fraction of sp³-hybridized carbons (Fsp3) is 0.182. The average molecular weight is 404 g/mol. The van der Waals surface area contributed by atoms with Crippen molar-refractivity contribution in [1.29, 1.82) is 5.26 Å². The molecule has 0 bridgehead atoms. The molecule has 0 aliphatic carbocycles. The smallest absolute Gasteiger partial charge is 0.358 e. The van der Waals surface area contributed by atoms with Crippen LogP contribution in [0.4, 0.5) is 5.95 Å². The Hall–Kier alpha value is -4.12. The number of benzene rings is 2. The summed E-state index contributed by atoms with van der Waals surface area (Å²) in [7, 11) is 4.42. The van der Waals surface area contributed by atoms with Crippen LogP contribution in [-0.2, 0) is 7.05 Å². The summed E-state index contributed by atoms with van der Waals surface area (Å²) in [5, 5.41) is 19.1. The van der Waals surface area contributed by atoms with Gasteiger partial charge < -0.3 is 14.7 Å². The number of hydrogen-bond donors (Lipinski definition) is 1. The van der Waals surface area contributed by atoms with Crippen LogP contribution in [0.1, 0.15) is 33.2 Å². The van der Waals surface area contributed by atoms with Crippen molar-refractivity contribution < 1.29 is 14.6 Å². The van der Waals surface area contributed by atoms with Crippen molar-refractivity contribution in [2.75, 3.05) is 19.1 Å². The molecule has 1 heterocycles. The minimum absolute atomic E-state index is 0.125. The maximum Gasteiger partial charge on any atom is 0.358 e. The van der Waals surface area contributed by atoms with E-state index in [-0.39, 0.29) is 11.7 Å². The molecule has 3 rings (SSSR count). The van der Waals surface area contributed by atoms with Crippen LogP contribution in [0.25, 0.3) is 0 Å². The number of methoxy groups -OCH3 is 1. The summed E-state index contributed by atoms with van der Waals surface area (Å²) in [6.07, 6.45) is 0. The quantitative estimate of drug-likeness (QED) is 0.673. The number of carboxylic acids is 1. The Morgan fingerprint density at radius 2 is 1.83 bits per heavy atom. The number of carboxylic acid groups (broad SMARTS) is 1. The van der Waals surface area contributed by atoms with E-state index in [0.717, 1.165) is 5.56 Å². The van der Waals surface area contributed by atoms with Crippen molar-refractivity contribution in [3.05, 3.63) is 87.3 Å². The lowest BCUT2D eigenvalue weighted by atomic mass is 9.94. The highest BCUT2D eigenvalue weighted by Gasteiger charge is 2.28. The van der Waals surface area contributed by atoms with Gasteiger partial charge in [0.1, 0.15) is 0 Å². The van der Waals surface area contributed by atoms with Crippen LogP contribution in [0.2, 0.25) is 0 Å². The molecule has 0 aliphatic heterocycles. The topological polar surface area (TPSA) is 108 Å². The zero-order valence-corrected chi connectivity index (χ0v) is 16.7. The third-order valence-corrected chi connectivity index (χ3v) is 4.83. The van der Waals surface area contributed by atoms with Crippen LogP contribution in [0.3, 0.4) is 0 Å². The summed E-state index contributed by atoms with van der Waals surface area (Å²) in [6.45, 7) is 0. The number of ether oxygens (including phenoxy) is 1.